The lowest BCUT2D eigenvalue weighted by Gasteiger charge is -2.29. The summed E-state index contributed by atoms with van der Waals surface area (Å²) in [5, 5.41) is 14.6. The highest BCUT2D eigenvalue weighted by atomic mass is 79.9. The second kappa shape index (κ2) is 7.91. The fourth-order valence-corrected chi connectivity index (χ4v) is 2.75. The van der Waals surface area contributed by atoms with Gasteiger partial charge in [0.1, 0.15) is 11.4 Å². The van der Waals surface area contributed by atoms with E-state index in [0.29, 0.717) is 12.3 Å². The third-order valence-electron chi connectivity index (χ3n) is 4.27. The molecule has 150 valence electrons. The number of oxime groups is 1. The van der Waals surface area contributed by atoms with Gasteiger partial charge < -0.3 is 21.0 Å². The maximum Gasteiger partial charge on any atom is 0.425 e. The molecule has 1 aliphatic rings. The summed E-state index contributed by atoms with van der Waals surface area (Å²) in [5.41, 5.74) is 4.46. The summed E-state index contributed by atoms with van der Waals surface area (Å²) < 4.78 is 43.2. The lowest BCUT2D eigenvalue weighted by molar-refractivity contribution is -0.189. The van der Waals surface area contributed by atoms with Crippen molar-refractivity contribution in [2.24, 2.45) is 16.8 Å². The van der Waals surface area contributed by atoms with Crippen molar-refractivity contribution < 1.29 is 27.9 Å². The molecule has 2 atom stereocenters. The van der Waals surface area contributed by atoms with E-state index in [0.717, 1.165) is 25.8 Å². The van der Waals surface area contributed by atoms with Crippen LogP contribution in [-0.4, -0.2) is 39.8 Å². The number of nitrogens with two attached hydrogens (primary N) is 1. The van der Waals surface area contributed by atoms with E-state index in [1.54, 1.807) is 6.92 Å². The molecule has 7 nitrogen and oxygen atoms in total. The van der Waals surface area contributed by atoms with E-state index in [9.17, 15) is 18.0 Å². The molecule has 1 unspecified atom stereocenters. The molecule has 1 saturated carbocycles. The SMILES string of the molecule is C[C@H](Oc1cc(C(=O)NC(C)(CC2CC2)/C(N)=N/O)ncc1Br)C(F)(F)F. The number of nitrogens with zero attached hydrogens (tertiary/aromatic N) is 2. The first-order chi connectivity index (χ1) is 12.5. The monoisotopic (exact) mass is 452 g/mol. The summed E-state index contributed by atoms with van der Waals surface area (Å²) in [6.45, 7) is 2.47. The van der Waals surface area contributed by atoms with Crippen molar-refractivity contribution in [3.05, 3.63) is 22.4 Å². The van der Waals surface area contributed by atoms with E-state index >= 15 is 0 Å². The van der Waals surface area contributed by atoms with Gasteiger partial charge in [-0.1, -0.05) is 18.0 Å². The Balaban J connectivity index is 2.21. The van der Waals surface area contributed by atoms with Gasteiger partial charge in [-0.3, -0.25) is 4.79 Å². The minimum absolute atomic E-state index is 0.157. The minimum Gasteiger partial charge on any atom is -0.480 e. The number of carbonyl (C=O) groups is 1. The molecule has 4 N–H and O–H groups in total. The lowest BCUT2D eigenvalue weighted by Crippen LogP contribution is -2.55. The summed E-state index contributed by atoms with van der Waals surface area (Å²) in [6.07, 6.45) is -3.01. The highest BCUT2D eigenvalue weighted by molar-refractivity contribution is 9.10. The lowest BCUT2D eigenvalue weighted by atomic mass is 9.93. The minimum atomic E-state index is -4.56. The Morgan fingerprint density at radius 1 is 1.56 bits per heavy atom. The van der Waals surface area contributed by atoms with Gasteiger partial charge in [0.2, 0.25) is 0 Å². The second-order valence-corrected chi connectivity index (χ2v) is 7.57. The number of ether oxygens (including phenoxy) is 1. The van der Waals surface area contributed by atoms with Gasteiger partial charge in [-0.15, -0.1) is 0 Å². The average Bonchev–Trinajstić information content (AvgIpc) is 3.38. The van der Waals surface area contributed by atoms with Crippen LogP contribution in [0, 0.1) is 5.92 Å². The van der Waals surface area contributed by atoms with E-state index < -0.39 is 23.7 Å². The number of alkyl halides is 3. The number of amides is 1. The van der Waals surface area contributed by atoms with E-state index in [-0.39, 0.29) is 21.8 Å². The molecule has 0 saturated heterocycles. The zero-order valence-corrected chi connectivity index (χ0v) is 16.3. The Kier molecular flexibility index (Phi) is 6.23. The predicted octanol–water partition coefficient (Wildman–Crippen LogP) is 3.21. The Labute approximate surface area is 162 Å². The molecule has 1 aliphatic carbocycles. The predicted molar refractivity (Wildman–Crippen MR) is 94.7 cm³/mol. The van der Waals surface area contributed by atoms with E-state index in [1.807, 2.05) is 0 Å². The van der Waals surface area contributed by atoms with E-state index in [4.69, 9.17) is 15.7 Å². The molecule has 0 bridgehead atoms. The van der Waals surface area contributed by atoms with Crippen molar-refractivity contribution in [2.75, 3.05) is 0 Å². The highest BCUT2D eigenvalue weighted by Crippen LogP contribution is 2.37. The van der Waals surface area contributed by atoms with E-state index in [2.05, 4.69) is 31.4 Å². The van der Waals surface area contributed by atoms with Gasteiger partial charge in [-0.05, 0) is 42.1 Å². The van der Waals surface area contributed by atoms with Gasteiger partial charge >= 0.3 is 6.18 Å². The number of halogens is 4. The first-order valence-electron chi connectivity index (χ1n) is 8.15. The van der Waals surface area contributed by atoms with Crippen LogP contribution in [0.15, 0.2) is 21.9 Å². The molecular formula is C16H20BrF3N4O3. The Morgan fingerprint density at radius 2 is 2.19 bits per heavy atom. The van der Waals surface area contributed by atoms with Gasteiger partial charge in [-0.25, -0.2) is 4.98 Å². The fraction of sp³-hybridized carbons (Fsp3) is 0.562. The number of hydrogen-bond acceptors (Lipinski definition) is 5. The average molecular weight is 453 g/mol. The molecule has 0 aliphatic heterocycles. The molecule has 2 rings (SSSR count). The Bertz CT molecular complexity index is 740. The summed E-state index contributed by atoms with van der Waals surface area (Å²) >= 11 is 3.05. The normalized spacial score (nSPS) is 18.5. The summed E-state index contributed by atoms with van der Waals surface area (Å²) in [4.78, 5) is 16.5. The first kappa shape index (κ1) is 21.3. The third kappa shape index (κ3) is 5.47. The van der Waals surface area contributed by atoms with Crippen molar-refractivity contribution >= 4 is 27.7 Å². The van der Waals surface area contributed by atoms with Crippen LogP contribution in [0.5, 0.6) is 5.75 Å². The van der Waals surface area contributed by atoms with Gasteiger partial charge in [0.15, 0.2) is 11.9 Å². The number of nitrogens with one attached hydrogen (secondary N) is 1. The molecule has 1 aromatic heterocycles. The first-order valence-corrected chi connectivity index (χ1v) is 8.95. The van der Waals surface area contributed by atoms with Crippen LogP contribution < -0.4 is 15.8 Å². The molecule has 1 amide bonds. The summed E-state index contributed by atoms with van der Waals surface area (Å²) in [7, 11) is 0. The van der Waals surface area contributed by atoms with Crippen LogP contribution in [0.2, 0.25) is 0 Å². The zero-order chi connectivity index (χ0) is 20.4. The molecule has 11 heteroatoms. The van der Waals surface area contributed by atoms with Gasteiger partial charge in [0.25, 0.3) is 5.91 Å². The van der Waals surface area contributed by atoms with Crippen LogP contribution in [0.25, 0.3) is 0 Å². The van der Waals surface area contributed by atoms with Crippen molar-refractivity contribution in [1.82, 2.24) is 10.3 Å². The Hall–Kier alpha value is -2.04. The van der Waals surface area contributed by atoms with Crippen LogP contribution in [0.3, 0.4) is 0 Å². The molecule has 0 radical (unpaired) electrons. The van der Waals surface area contributed by atoms with E-state index in [1.165, 1.54) is 6.20 Å². The molecule has 1 heterocycles. The van der Waals surface area contributed by atoms with Crippen LogP contribution in [-0.2, 0) is 0 Å². The topological polar surface area (TPSA) is 110 Å². The number of aromatic nitrogens is 1. The quantitative estimate of drug-likeness (QED) is 0.254. The van der Waals surface area contributed by atoms with Crippen molar-refractivity contribution in [3.8, 4) is 5.75 Å². The zero-order valence-electron chi connectivity index (χ0n) is 14.7. The molecule has 0 spiro atoms. The fourth-order valence-electron chi connectivity index (χ4n) is 2.44. The van der Waals surface area contributed by atoms with Gasteiger partial charge in [0, 0.05) is 12.3 Å². The molecule has 27 heavy (non-hydrogen) atoms. The standard InChI is InChI=1S/C16H20BrF3N4O3/c1-8(16(18,19)20)27-12-5-11(22-7-10(12)17)13(25)23-15(2,14(21)24-26)6-9-3-4-9/h5,7-9,26H,3-4,6H2,1-2H3,(H2,21,24)(H,23,25)/t8-,15?/m0/s1. The number of hydrogen-bond donors (Lipinski definition) is 3. The highest BCUT2D eigenvalue weighted by Gasteiger charge is 2.40. The van der Waals surface area contributed by atoms with Crippen LogP contribution >= 0.6 is 15.9 Å². The maximum absolute atomic E-state index is 12.7. The third-order valence-corrected chi connectivity index (χ3v) is 4.87. The maximum atomic E-state index is 12.7. The van der Waals surface area contributed by atoms with Crippen molar-refractivity contribution in [2.45, 2.75) is 50.9 Å². The smallest absolute Gasteiger partial charge is 0.425 e. The molecule has 0 aromatic carbocycles. The molecule has 1 fully saturated rings. The number of pyridine rings is 1. The van der Waals surface area contributed by atoms with Crippen LogP contribution in [0.4, 0.5) is 13.2 Å². The van der Waals surface area contributed by atoms with Crippen molar-refractivity contribution in [1.29, 1.82) is 0 Å². The largest absolute Gasteiger partial charge is 0.480 e. The summed E-state index contributed by atoms with van der Waals surface area (Å²) in [5.74, 6) is -0.670. The van der Waals surface area contributed by atoms with Gasteiger partial charge in [-0.2, -0.15) is 13.2 Å². The number of amidine groups is 1. The molecule has 1 aromatic rings. The second-order valence-electron chi connectivity index (χ2n) is 6.72. The number of carbonyl (C=O) groups excluding carboxylic acids is 1. The number of rotatable bonds is 7. The Morgan fingerprint density at radius 3 is 2.70 bits per heavy atom. The molecular weight excluding hydrogens is 433 g/mol. The van der Waals surface area contributed by atoms with Crippen molar-refractivity contribution in [3.63, 3.8) is 0 Å². The van der Waals surface area contributed by atoms with Crippen LogP contribution in [0.1, 0.15) is 43.6 Å². The summed E-state index contributed by atoms with van der Waals surface area (Å²) in [6, 6.07) is 1.10. The van der Waals surface area contributed by atoms with Gasteiger partial charge in [0.05, 0.1) is 10.0 Å².